The number of aliphatic hydroxyl groups is 20. The zero-order valence-corrected chi connectivity index (χ0v) is 54.8. The molecule has 7 heterocycles. The number of carbonyl (C=O) groups excluding carboxylic acids is 1. The molecule has 34 heteroatoms. The van der Waals surface area contributed by atoms with E-state index in [0.29, 0.717) is 38.5 Å². The van der Waals surface area contributed by atoms with Crippen LogP contribution in [0.2, 0.25) is 0 Å². The van der Waals surface area contributed by atoms with Gasteiger partial charge in [-0.25, -0.2) is 0 Å². The van der Waals surface area contributed by atoms with E-state index >= 15 is 0 Å². The van der Waals surface area contributed by atoms with Crippen molar-refractivity contribution in [3.63, 3.8) is 0 Å². The van der Waals surface area contributed by atoms with Crippen LogP contribution in [0.25, 0.3) is 0 Å². The van der Waals surface area contributed by atoms with E-state index in [1.165, 1.54) is 6.92 Å². The van der Waals surface area contributed by atoms with Crippen molar-refractivity contribution in [3.05, 3.63) is 0 Å². The Hall–Kier alpha value is -1.65. The third kappa shape index (κ3) is 14.0. The zero-order chi connectivity index (χ0) is 70.4. The van der Waals surface area contributed by atoms with Crippen LogP contribution in [-0.2, 0) is 66.4 Å². The number of ether oxygens (including phenoxy) is 13. The van der Waals surface area contributed by atoms with Crippen LogP contribution in [0, 0.1) is 52.3 Å². The molecule has 0 bridgehead atoms. The zero-order valence-electron chi connectivity index (χ0n) is 54.8. The SMILES string of the molecule is CC(CCC1(O)OC2CC3C4CCC5CC(OC6OC(CO)C(OC7OC(CO)C(O)C(OC8OC(CO)C(OC9OC(C)C(O)C(O)C9O)C(O)C8O)C7OC7OC(CO)C(O)C(O)C7O)C(O)C6O)CCC5(C)C4CC(=O)C3(C)C2C1C)COC1OC(CO)C(O)C(O)C1O. The van der Waals surface area contributed by atoms with E-state index in [9.17, 15) is 107 Å². The summed E-state index contributed by atoms with van der Waals surface area (Å²) in [7, 11) is 0. The minimum absolute atomic E-state index is 0.0109. The lowest BCUT2D eigenvalue weighted by Crippen LogP contribution is -2.69. The summed E-state index contributed by atoms with van der Waals surface area (Å²) >= 11 is 0. The maximum Gasteiger partial charge on any atom is 0.187 e. The monoisotopic (exact) mass is 1400 g/mol. The molecule has 20 N–H and O–H groups in total. The average Bonchev–Trinajstić information content (AvgIpc) is 1.57. The standard InChI is InChI=1S/C63H104O34/c1-21(20-85-55-46(79)42(75)38(71)30(15-64)88-55)8-11-63(84)22(2)36-29(97-63)13-28-26-7-6-24-12-25(9-10-61(24,4)27(26)14-35(69)62(28,36)5)87-57-49(82)44(77)52(34(19-68)91-57)94-60-54(96-58-48(81)43(76)39(72)31(16-65)89-58)53(40(73)32(17-66)90-60)95-59-50(83)45(78)51(33(18-67)92-59)93-56-47(80)41(74)37(70)23(3)86-56/h21-34,36-60,64-68,70-84H,6-20H2,1-5H3. The molecule has 0 aromatic rings. The van der Waals surface area contributed by atoms with Gasteiger partial charge in [0.1, 0.15) is 146 Å². The highest BCUT2D eigenvalue weighted by Gasteiger charge is 2.72. The molecule has 0 aromatic carbocycles. The summed E-state index contributed by atoms with van der Waals surface area (Å²) in [6, 6.07) is 0. The Balaban J connectivity index is 0.735. The lowest BCUT2D eigenvalue weighted by molar-refractivity contribution is -0.410. The van der Waals surface area contributed by atoms with E-state index in [1.807, 2.05) is 20.8 Å². The Morgan fingerprint density at radius 1 is 0.485 bits per heavy atom. The third-order valence-corrected chi connectivity index (χ3v) is 24.2. The highest BCUT2D eigenvalue weighted by atomic mass is 16.8. The van der Waals surface area contributed by atoms with Crippen molar-refractivity contribution in [3.8, 4) is 0 Å². The smallest absolute Gasteiger partial charge is 0.187 e. The Morgan fingerprint density at radius 3 is 1.53 bits per heavy atom. The normalized spacial score (nSPS) is 55.2. The summed E-state index contributed by atoms with van der Waals surface area (Å²) in [6.45, 7) is 5.08. The summed E-state index contributed by atoms with van der Waals surface area (Å²) in [5.41, 5.74) is -1.08. The lowest BCUT2D eigenvalue weighted by Gasteiger charge is -2.60. The third-order valence-electron chi connectivity index (χ3n) is 24.2. The minimum Gasteiger partial charge on any atom is -0.394 e. The van der Waals surface area contributed by atoms with Crippen LogP contribution < -0.4 is 0 Å². The highest BCUT2D eigenvalue weighted by Crippen LogP contribution is 2.70. The van der Waals surface area contributed by atoms with E-state index in [0.717, 1.165) is 12.8 Å². The van der Waals surface area contributed by atoms with Crippen LogP contribution in [0.5, 0.6) is 0 Å². The van der Waals surface area contributed by atoms with Crippen LogP contribution in [0.3, 0.4) is 0 Å². The second-order valence-electron chi connectivity index (χ2n) is 29.7. The average molecular weight is 1410 g/mol. The largest absolute Gasteiger partial charge is 0.394 e. The van der Waals surface area contributed by atoms with Crippen LogP contribution in [0.15, 0.2) is 0 Å². The van der Waals surface area contributed by atoms with Gasteiger partial charge in [0, 0.05) is 30.1 Å². The molecule has 4 saturated carbocycles. The van der Waals surface area contributed by atoms with Gasteiger partial charge in [0.15, 0.2) is 43.5 Å². The van der Waals surface area contributed by atoms with Gasteiger partial charge >= 0.3 is 0 Å². The van der Waals surface area contributed by atoms with Gasteiger partial charge in [-0.05, 0) is 86.9 Å². The molecular formula is C63H104O34. The molecule has 0 aromatic heterocycles. The molecule has 0 spiro atoms. The first-order valence-electron chi connectivity index (χ1n) is 34.2. The molecule has 0 radical (unpaired) electrons. The first kappa shape index (κ1) is 76.5. The molecule has 560 valence electrons. The Bertz CT molecular complexity index is 2580. The summed E-state index contributed by atoms with van der Waals surface area (Å²) < 4.78 is 77.8. The van der Waals surface area contributed by atoms with Gasteiger partial charge in [0.25, 0.3) is 0 Å². The van der Waals surface area contributed by atoms with E-state index in [-0.39, 0.29) is 65.8 Å². The van der Waals surface area contributed by atoms with Crippen LogP contribution >= 0.6 is 0 Å². The Morgan fingerprint density at radius 2 is 0.948 bits per heavy atom. The Kier molecular flexibility index (Phi) is 24.0. The van der Waals surface area contributed by atoms with Crippen molar-refractivity contribution in [2.24, 2.45) is 52.3 Å². The molecule has 4 aliphatic carbocycles. The van der Waals surface area contributed by atoms with Crippen molar-refractivity contribution in [1.82, 2.24) is 0 Å². The van der Waals surface area contributed by atoms with Gasteiger partial charge < -0.3 is 164 Å². The quantitative estimate of drug-likeness (QED) is 0.0475. The van der Waals surface area contributed by atoms with Gasteiger partial charge in [-0.15, -0.1) is 0 Å². The molecule has 11 aliphatic rings. The highest BCUT2D eigenvalue weighted by molar-refractivity contribution is 5.87. The first-order valence-corrected chi connectivity index (χ1v) is 34.2. The van der Waals surface area contributed by atoms with E-state index in [4.69, 9.17) is 61.6 Å². The number of hydrogen-bond donors (Lipinski definition) is 20. The fraction of sp³-hybridized carbons (Fsp3) is 0.984. The van der Waals surface area contributed by atoms with Gasteiger partial charge in [0.05, 0.1) is 58.0 Å². The summed E-state index contributed by atoms with van der Waals surface area (Å²) in [6.07, 6.45) is -49.7. The van der Waals surface area contributed by atoms with Gasteiger partial charge in [-0.1, -0.05) is 27.7 Å². The molecule has 97 heavy (non-hydrogen) atoms. The number of fused-ring (bicyclic) bond motifs is 7. The van der Waals surface area contributed by atoms with Crippen molar-refractivity contribution < 1.29 is 169 Å². The van der Waals surface area contributed by atoms with Crippen LogP contribution in [0.1, 0.15) is 92.4 Å². The lowest BCUT2D eigenvalue weighted by atomic mass is 9.44. The van der Waals surface area contributed by atoms with E-state index in [1.54, 1.807) is 0 Å². The summed E-state index contributed by atoms with van der Waals surface area (Å²) in [5.74, 6) is -2.01. The molecule has 7 aliphatic heterocycles. The van der Waals surface area contributed by atoms with Gasteiger partial charge in [0.2, 0.25) is 0 Å². The minimum atomic E-state index is -2.20. The predicted octanol–water partition coefficient (Wildman–Crippen LogP) is -8.10. The molecular weight excluding hydrogens is 1300 g/mol. The van der Waals surface area contributed by atoms with Crippen molar-refractivity contribution in [2.75, 3.05) is 39.6 Å². The Labute approximate surface area is 559 Å². The van der Waals surface area contributed by atoms with Crippen LogP contribution in [0.4, 0.5) is 0 Å². The molecule has 42 unspecified atom stereocenters. The molecule has 0 amide bonds. The second-order valence-corrected chi connectivity index (χ2v) is 29.7. The van der Waals surface area contributed by atoms with Gasteiger partial charge in [-0.3, -0.25) is 4.79 Å². The molecule has 11 rings (SSSR count). The predicted molar refractivity (Wildman–Crippen MR) is 316 cm³/mol. The topological polar surface area (TPSA) is 542 Å². The number of rotatable bonds is 21. The number of carbonyl (C=O) groups is 1. The fourth-order valence-corrected chi connectivity index (χ4v) is 18.2. The summed E-state index contributed by atoms with van der Waals surface area (Å²) in [5, 5.41) is 217. The van der Waals surface area contributed by atoms with E-state index in [2.05, 4.69) is 6.92 Å². The van der Waals surface area contributed by atoms with Crippen molar-refractivity contribution in [1.29, 1.82) is 0 Å². The number of Topliss-reactive ketones (excluding diaryl/α,β-unsaturated/α-hetero) is 1. The maximum atomic E-state index is 14.9. The first-order chi connectivity index (χ1) is 45.9. The molecule has 34 nitrogen and oxygen atoms in total. The number of hydrogen-bond acceptors (Lipinski definition) is 34. The number of ketones is 1. The van der Waals surface area contributed by atoms with Crippen LogP contribution in [-0.4, -0.2) is 350 Å². The van der Waals surface area contributed by atoms with Crippen molar-refractivity contribution in [2.45, 2.75) is 295 Å². The molecule has 42 atom stereocenters. The molecule has 11 fully saturated rings. The second kappa shape index (κ2) is 30.4. The number of aliphatic hydroxyl groups excluding tert-OH is 19. The van der Waals surface area contributed by atoms with Crippen molar-refractivity contribution >= 4 is 5.78 Å². The fourth-order valence-electron chi connectivity index (χ4n) is 18.2. The summed E-state index contributed by atoms with van der Waals surface area (Å²) in [4.78, 5) is 14.9. The molecule has 7 saturated heterocycles. The maximum absolute atomic E-state index is 14.9. The van der Waals surface area contributed by atoms with Gasteiger partial charge in [-0.2, -0.15) is 0 Å². The van der Waals surface area contributed by atoms with E-state index < -0.39 is 240 Å².